The molecule has 0 unspecified atom stereocenters. The summed E-state index contributed by atoms with van der Waals surface area (Å²) >= 11 is 0. The van der Waals surface area contributed by atoms with E-state index >= 15 is 0 Å². The van der Waals surface area contributed by atoms with E-state index in [0.717, 1.165) is 12.1 Å². The number of nitrogens with two attached hydrogens (primary N) is 1. The van der Waals surface area contributed by atoms with Crippen molar-refractivity contribution in [1.29, 1.82) is 0 Å². The van der Waals surface area contributed by atoms with E-state index in [0.29, 0.717) is 0 Å². The number of hydrogen-bond acceptors (Lipinski definition) is 6. The van der Waals surface area contributed by atoms with Gasteiger partial charge in [-0.3, -0.25) is 19.7 Å². The number of nitrogens with zero attached hydrogens (tertiary/aromatic N) is 3. The standard InChI is InChI=1S/C12H6N4O6S/c13-23(21,22)8-3-1-2-5-9(8)7(16(19)20)4-6-10(5)15-12(18)11(17)14-6/h1-4H,(H2,13,21,22). The molecule has 1 aliphatic rings. The first-order valence-corrected chi connectivity index (χ1v) is 7.53. The number of hydrogen-bond donors (Lipinski definition) is 1. The molecule has 23 heavy (non-hydrogen) atoms. The van der Waals surface area contributed by atoms with Crippen molar-refractivity contribution in [2.75, 3.05) is 0 Å². The van der Waals surface area contributed by atoms with Gasteiger partial charge in [0.05, 0.1) is 15.2 Å². The molecular formula is C12H6N4O6S. The summed E-state index contributed by atoms with van der Waals surface area (Å²) < 4.78 is 23.4. The topological polar surface area (TPSA) is 162 Å². The summed E-state index contributed by atoms with van der Waals surface area (Å²) in [6.45, 7) is 0. The van der Waals surface area contributed by atoms with E-state index in [1.807, 2.05) is 0 Å². The summed E-state index contributed by atoms with van der Waals surface area (Å²) in [6.07, 6.45) is 0. The van der Waals surface area contributed by atoms with Crippen LogP contribution in [0, 0.1) is 10.1 Å². The Balaban J connectivity index is 2.69. The molecule has 116 valence electrons. The molecule has 0 spiro atoms. The van der Waals surface area contributed by atoms with Crippen molar-refractivity contribution in [3.8, 4) is 0 Å². The monoisotopic (exact) mass is 334 g/mol. The van der Waals surface area contributed by atoms with Crippen LogP contribution in [0.4, 0.5) is 5.69 Å². The minimum Gasteiger partial charge on any atom is -0.261 e. The average molecular weight is 334 g/mol. The molecule has 0 fully saturated rings. The maximum Gasteiger partial charge on any atom is 0.338 e. The molecule has 2 N–H and O–H groups in total. The fraction of sp³-hybridized carbons (Fsp3) is 0. The second-order valence-electron chi connectivity index (χ2n) is 4.58. The van der Waals surface area contributed by atoms with Gasteiger partial charge in [0.15, 0.2) is 0 Å². The highest BCUT2D eigenvalue weighted by atomic mass is 32.2. The molecule has 2 aromatic carbocycles. The molecule has 0 saturated carbocycles. The van der Waals surface area contributed by atoms with Crippen LogP contribution in [0.15, 0.2) is 39.1 Å². The van der Waals surface area contributed by atoms with Crippen molar-refractivity contribution in [2.24, 2.45) is 15.1 Å². The molecule has 0 aliphatic carbocycles. The number of benzene rings is 2. The molecule has 11 heteroatoms. The molecule has 0 aromatic heterocycles. The summed E-state index contributed by atoms with van der Waals surface area (Å²) in [4.78, 5) is 39.7. The Morgan fingerprint density at radius 1 is 1.13 bits per heavy atom. The molecule has 1 aliphatic heterocycles. The maximum absolute atomic E-state index is 11.7. The third-order valence-electron chi connectivity index (χ3n) is 3.18. The van der Waals surface area contributed by atoms with Gasteiger partial charge in [0.1, 0.15) is 10.7 Å². The van der Waals surface area contributed by atoms with Crippen LogP contribution < -0.4 is 15.9 Å². The highest BCUT2D eigenvalue weighted by Crippen LogP contribution is 2.28. The van der Waals surface area contributed by atoms with Gasteiger partial charge in [-0.2, -0.15) is 0 Å². The van der Waals surface area contributed by atoms with E-state index < -0.39 is 37.3 Å². The molecule has 3 rings (SSSR count). The van der Waals surface area contributed by atoms with E-state index in [1.165, 1.54) is 12.1 Å². The molecule has 0 radical (unpaired) electrons. The van der Waals surface area contributed by atoms with E-state index in [-0.39, 0.29) is 21.5 Å². The lowest BCUT2D eigenvalue weighted by atomic mass is 10.1. The van der Waals surface area contributed by atoms with Crippen molar-refractivity contribution in [1.82, 2.24) is 0 Å². The summed E-state index contributed by atoms with van der Waals surface area (Å²) in [5.74, 6) is -2.30. The van der Waals surface area contributed by atoms with Crippen LogP contribution >= 0.6 is 0 Å². The quantitative estimate of drug-likeness (QED) is 0.407. The van der Waals surface area contributed by atoms with Crippen LogP contribution in [0.3, 0.4) is 0 Å². The second-order valence-corrected chi connectivity index (χ2v) is 6.11. The number of amides is 2. The highest BCUT2D eigenvalue weighted by molar-refractivity contribution is 7.89. The van der Waals surface area contributed by atoms with E-state index in [2.05, 4.69) is 9.98 Å². The van der Waals surface area contributed by atoms with E-state index in [4.69, 9.17) is 5.14 Å². The Bertz CT molecular complexity index is 1150. The Kier molecular flexibility index (Phi) is 3.05. The zero-order valence-corrected chi connectivity index (χ0v) is 11.9. The third kappa shape index (κ3) is 2.27. The van der Waals surface area contributed by atoms with E-state index in [1.54, 1.807) is 0 Å². The number of nitro groups is 1. The van der Waals surface area contributed by atoms with Crippen molar-refractivity contribution in [2.45, 2.75) is 4.90 Å². The number of non-ortho nitro benzene ring substituents is 1. The number of rotatable bonds is 2. The number of carbonyl (C=O) groups is 2. The van der Waals surface area contributed by atoms with Crippen molar-refractivity contribution >= 4 is 38.3 Å². The summed E-state index contributed by atoms with van der Waals surface area (Å²) in [5.41, 5.74) is -0.607. The van der Waals surface area contributed by atoms with Crippen molar-refractivity contribution in [3.63, 3.8) is 0 Å². The van der Waals surface area contributed by atoms with E-state index in [9.17, 15) is 28.1 Å². The van der Waals surface area contributed by atoms with Gasteiger partial charge in [-0.05, 0) is 6.07 Å². The lowest BCUT2D eigenvalue weighted by Crippen LogP contribution is -2.35. The lowest BCUT2D eigenvalue weighted by Gasteiger charge is -2.07. The SMILES string of the molecule is NS(=O)(=O)c1cccc2c3c(cc([N+](=O)[O-])c12)=NC(=O)C(=O)N=3. The Morgan fingerprint density at radius 2 is 1.78 bits per heavy atom. The van der Waals surface area contributed by atoms with Gasteiger partial charge >= 0.3 is 11.8 Å². The van der Waals surface area contributed by atoms with Gasteiger partial charge in [-0.15, -0.1) is 0 Å². The van der Waals surface area contributed by atoms with Gasteiger partial charge in [-0.25, -0.2) is 23.5 Å². The third-order valence-corrected chi connectivity index (χ3v) is 4.13. The lowest BCUT2D eigenvalue weighted by molar-refractivity contribution is -0.383. The van der Waals surface area contributed by atoms with Crippen molar-refractivity contribution < 1.29 is 22.9 Å². The average Bonchev–Trinajstić information content (AvgIpc) is 2.46. The summed E-state index contributed by atoms with van der Waals surface area (Å²) in [6, 6.07) is 4.62. The molecule has 10 nitrogen and oxygen atoms in total. The first kappa shape index (κ1) is 14.9. The highest BCUT2D eigenvalue weighted by Gasteiger charge is 2.25. The zero-order chi connectivity index (χ0) is 16.9. The van der Waals surface area contributed by atoms with Gasteiger partial charge in [0, 0.05) is 11.5 Å². The minimum atomic E-state index is -4.26. The van der Waals surface area contributed by atoms with Crippen molar-refractivity contribution in [3.05, 3.63) is 45.1 Å². The molecule has 0 atom stereocenters. The number of sulfonamides is 1. The van der Waals surface area contributed by atoms with Crippen LogP contribution in [-0.2, 0) is 19.6 Å². The molecular weight excluding hydrogens is 328 g/mol. The second kappa shape index (κ2) is 4.72. The fourth-order valence-corrected chi connectivity index (χ4v) is 3.06. The molecule has 2 amide bonds. The zero-order valence-electron chi connectivity index (χ0n) is 11.1. The van der Waals surface area contributed by atoms with Gasteiger partial charge < -0.3 is 0 Å². The van der Waals surface area contributed by atoms with Crippen LogP contribution in [-0.4, -0.2) is 25.2 Å². The normalized spacial score (nSPS) is 14.1. The van der Waals surface area contributed by atoms with Crippen LogP contribution in [0.1, 0.15) is 0 Å². The maximum atomic E-state index is 11.7. The Labute approximate surface area is 127 Å². The Hall–Kier alpha value is -3.05. The first-order chi connectivity index (χ1) is 10.7. The van der Waals surface area contributed by atoms with Crippen LogP contribution in [0.25, 0.3) is 10.8 Å². The molecule has 0 saturated heterocycles. The van der Waals surface area contributed by atoms with Crippen LogP contribution in [0.5, 0.6) is 0 Å². The van der Waals surface area contributed by atoms with Gasteiger partial charge in [-0.1, -0.05) is 12.1 Å². The summed E-state index contributed by atoms with van der Waals surface area (Å²) in [7, 11) is -4.26. The number of primary sulfonamides is 1. The predicted molar refractivity (Wildman–Crippen MR) is 74.3 cm³/mol. The summed E-state index contributed by atoms with van der Waals surface area (Å²) in [5, 5.41) is 15.8. The smallest absolute Gasteiger partial charge is 0.261 e. The Morgan fingerprint density at radius 3 is 2.39 bits per heavy atom. The minimum absolute atomic E-state index is 0.00896. The first-order valence-electron chi connectivity index (χ1n) is 5.99. The predicted octanol–water partition coefficient (Wildman–Crippen LogP) is -1.30. The fourth-order valence-electron chi connectivity index (χ4n) is 2.29. The molecule has 2 aromatic rings. The number of fused-ring (bicyclic) bond motifs is 3. The molecule has 0 bridgehead atoms. The van der Waals surface area contributed by atoms with Crippen LogP contribution in [0.2, 0.25) is 0 Å². The number of nitro benzene ring substituents is 1. The van der Waals surface area contributed by atoms with Gasteiger partial charge in [0.2, 0.25) is 10.0 Å². The molecule has 1 heterocycles. The van der Waals surface area contributed by atoms with Gasteiger partial charge in [0.25, 0.3) is 5.69 Å². The largest absolute Gasteiger partial charge is 0.338 e. The number of carbonyl (C=O) groups excluding carboxylic acids is 2.